The summed E-state index contributed by atoms with van der Waals surface area (Å²) >= 11 is 3.31. The molecule has 0 amide bonds. The van der Waals surface area contributed by atoms with Crippen LogP contribution in [-0.2, 0) is 11.8 Å². The predicted molar refractivity (Wildman–Crippen MR) is 47.7 cm³/mol. The molecule has 11 heavy (non-hydrogen) atoms. The zero-order valence-corrected chi connectivity index (χ0v) is 8.39. The van der Waals surface area contributed by atoms with Gasteiger partial charge >= 0.3 is 0 Å². The number of aromatic nitrogens is 1. The monoisotopic (exact) mass is 217 g/mol. The van der Waals surface area contributed by atoms with E-state index in [2.05, 4.69) is 34.8 Å². The molecule has 0 bridgehead atoms. The van der Waals surface area contributed by atoms with Crippen LogP contribution in [0.3, 0.4) is 0 Å². The average molecular weight is 218 g/mol. The molecule has 0 fully saturated rings. The van der Waals surface area contributed by atoms with E-state index in [-0.39, 0.29) is 0 Å². The summed E-state index contributed by atoms with van der Waals surface area (Å²) in [5.74, 6) is 1.45. The van der Waals surface area contributed by atoms with E-state index in [1.807, 2.05) is 0 Å². The Kier molecular flexibility index (Phi) is 3.12. The molecule has 0 aliphatic heterocycles. The van der Waals surface area contributed by atoms with Gasteiger partial charge < -0.3 is 4.42 Å². The maximum atomic E-state index is 5.23. The minimum absolute atomic E-state index is 0.608. The van der Waals surface area contributed by atoms with Gasteiger partial charge in [-0.3, -0.25) is 0 Å². The SMILES string of the molecule is CC(C)Cc1nc(CBr)co1. The second-order valence-corrected chi connectivity index (χ2v) is 3.52. The molecule has 0 radical (unpaired) electrons. The summed E-state index contributed by atoms with van der Waals surface area (Å²) in [4.78, 5) is 4.26. The molecule has 0 atom stereocenters. The average Bonchev–Trinajstić information content (AvgIpc) is 2.34. The Hall–Kier alpha value is -0.310. The van der Waals surface area contributed by atoms with Crippen molar-refractivity contribution >= 4 is 15.9 Å². The molecule has 0 spiro atoms. The summed E-state index contributed by atoms with van der Waals surface area (Å²) in [7, 11) is 0. The highest BCUT2D eigenvalue weighted by Gasteiger charge is 2.04. The molecule has 3 heteroatoms. The molecule has 0 aromatic carbocycles. The summed E-state index contributed by atoms with van der Waals surface area (Å²) in [5, 5.41) is 0.772. The smallest absolute Gasteiger partial charge is 0.194 e. The van der Waals surface area contributed by atoms with Crippen LogP contribution >= 0.6 is 15.9 Å². The molecule has 1 heterocycles. The molecule has 62 valence electrons. The molecule has 1 rings (SSSR count). The van der Waals surface area contributed by atoms with Gasteiger partial charge in [0.1, 0.15) is 6.26 Å². The van der Waals surface area contributed by atoms with Crippen LogP contribution in [0.4, 0.5) is 0 Å². The predicted octanol–water partition coefficient (Wildman–Crippen LogP) is 2.77. The van der Waals surface area contributed by atoms with Crippen molar-refractivity contribution in [2.75, 3.05) is 0 Å². The van der Waals surface area contributed by atoms with Gasteiger partial charge in [0.15, 0.2) is 5.89 Å². The zero-order chi connectivity index (χ0) is 8.27. The summed E-state index contributed by atoms with van der Waals surface area (Å²) in [6, 6.07) is 0. The molecule has 0 aliphatic carbocycles. The van der Waals surface area contributed by atoms with Gasteiger partial charge in [0.25, 0.3) is 0 Å². The quantitative estimate of drug-likeness (QED) is 0.729. The Balaban J connectivity index is 2.58. The first kappa shape index (κ1) is 8.78. The van der Waals surface area contributed by atoms with Crippen molar-refractivity contribution in [3.63, 3.8) is 0 Å². The maximum Gasteiger partial charge on any atom is 0.194 e. The third-order valence-corrected chi connectivity index (χ3v) is 1.89. The van der Waals surface area contributed by atoms with Gasteiger partial charge in [-0.1, -0.05) is 29.8 Å². The van der Waals surface area contributed by atoms with Gasteiger partial charge in [0.2, 0.25) is 0 Å². The van der Waals surface area contributed by atoms with Gasteiger partial charge in [-0.25, -0.2) is 4.98 Å². The van der Waals surface area contributed by atoms with Crippen LogP contribution in [0, 0.1) is 5.92 Å². The molecule has 0 N–H and O–H groups in total. The van der Waals surface area contributed by atoms with Crippen LogP contribution in [0.2, 0.25) is 0 Å². The van der Waals surface area contributed by atoms with E-state index in [0.717, 1.165) is 23.3 Å². The largest absolute Gasteiger partial charge is 0.449 e. The third-order valence-electron chi connectivity index (χ3n) is 1.32. The number of halogens is 1. The van der Waals surface area contributed by atoms with E-state index < -0.39 is 0 Å². The minimum Gasteiger partial charge on any atom is -0.449 e. The van der Waals surface area contributed by atoms with Crippen LogP contribution in [0.1, 0.15) is 25.4 Å². The number of rotatable bonds is 3. The molecule has 0 unspecified atom stereocenters. The van der Waals surface area contributed by atoms with Crippen molar-refractivity contribution in [3.8, 4) is 0 Å². The molecule has 0 saturated carbocycles. The van der Waals surface area contributed by atoms with E-state index >= 15 is 0 Å². The van der Waals surface area contributed by atoms with E-state index in [9.17, 15) is 0 Å². The Bertz CT molecular complexity index is 220. The zero-order valence-electron chi connectivity index (χ0n) is 6.80. The van der Waals surface area contributed by atoms with Crippen LogP contribution < -0.4 is 0 Å². The van der Waals surface area contributed by atoms with Crippen LogP contribution in [0.5, 0.6) is 0 Å². The Labute approximate surface area is 75.1 Å². The maximum absolute atomic E-state index is 5.23. The Morgan fingerprint density at radius 1 is 1.64 bits per heavy atom. The number of oxazole rings is 1. The first-order valence-electron chi connectivity index (χ1n) is 3.71. The van der Waals surface area contributed by atoms with Crippen molar-refractivity contribution in [1.29, 1.82) is 0 Å². The molecule has 2 nitrogen and oxygen atoms in total. The van der Waals surface area contributed by atoms with Gasteiger partial charge in [-0.2, -0.15) is 0 Å². The van der Waals surface area contributed by atoms with Gasteiger partial charge in [0.05, 0.1) is 5.69 Å². The fourth-order valence-electron chi connectivity index (χ4n) is 0.853. The number of hydrogen-bond acceptors (Lipinski definition) is 2. The number of nitrogens with zero attached hydrogens (tertiary/aromatic N) is 1. The van der Waals surface area contributed by atoms with Crippen molar-refractivity contribution in [1.82, 2.24) is 4.98 Å². The van der Waals surface area contributed by atoms with Crippen molar-refractivity contribution < 1.29 is 4.42 Å². The second kappa shape index (κ2) is 3.90. The highest BCUT2D eigenvalue weighted by Crippen LogP contribution is 2.09. The van der Waals surface area contributed by atoms with Crippen molar-refractivity contribution in [2.45, 2.75) is 25.6 Å². The fourth-order valence-corrected chi connectivity index (χ4v) is 1.11. The third kappa shape index (κ3) is 2.66. The summed E-state index contributed by atoms with van der Waals surface area (Å²) in [6.07, 6.45) is 2.62. The van der Waals surface area contributed by atoms with Gasteiger partial charge in [-0.05, 0) is 5.92 Å². The lowest BCUT2D eigenvalue weighted by Gasteiger charge is -1.96. The van der Waals surface area contributed by atoms with Crippen molar-refractivity contribution in [2.24, 2.45) is 5.92 Å². The van der Waals surface area contributed by atoms with E-state index in [1.54, 1.807) is 6.26 Å². The molecular formula is C8H12BrNO. The summed E-state index contributed by atoms with van der Waals surface area (Å²) in [6.45, 7) is 4.30. The Morgan fingerprint density at radius 3 is 2.82 bits per heavy atom. The molecule has 1 aromatic rings. The normalized spacial score (nSPS) is 10.9. The highest BCUT2D eigenvalue weighted by molar-refractivity contribution is 9.08. The summed E-state index contributed by atoms with van der Waals surface area (Å²) in [5.41, 5.74) is 0.973. The first-order chi connectivity index (χ1) is 5.22. The van der Waals surface area contributed by atoms with E-state index in [4.69, 9.17) is 4.42 Å². The number of alkyl halides is 1. The topological polar surface area (TPSA) is 26.0 Å². The lowest BCUT2D eigenvalue weighted by Crippen LogP contribution is -1.93. The standard InChI is InChI=1S/C8H12BrNO/c1-6(2)3-8-10-7(4-9)5-11-8/h5-6H,3-4H2,1-2H3. The number of hydrogen-bond donors (Lipinski definition) is 0. The lowest BCUT2D eigenvalue weighted by molar-refractivity contribution is 0.457. The van der Waals surface area contributed by atoms with Crippen LogP contribution in [-0.4, -0.2) is 4.98 Å². The van der Waals surface area contributed by atoms with Gasteiger partial charge in [-0.15, -0.1) is 0 Å². The first-order valence-corrected chi connectivity index (χ1v) is 4.83. The summed E-state index contributed by atoms with van der Waals surface area (Å²) < 4.78 is 5.23. The Morgan fingerprint density at radius 2 is 2.36 bits per heavy atom. The van der Waals surface area contributed by atoms with Gasteiger partial charge in [0, 0.05) is 11.8 Å². The van der Waals surface area contributed by atoms with E-state index in [0.29, 0.717) is 5.92 Å². The minimum atomic E-state index is 0.608. The molecule has 0 aliphatic rings. The van der Waals surface area contributed by atoms with E-state index in [1.165, 1.54) is 0 Å². The molecular weight excluding hydrogens is 206 g/mol. The van der Waals surface area contributed by atoms with Crippen LogP contribution in [0.25, 0.3) is 0 Å². The molecule has 0 saturated heterocycles. The molecule has 1 aromatic heterocycles. The van der Waals surface area contributed by atoms with Crippen molar-refractivity contribution in [3.05, 3.63) is 17.8 Å². The fraction of sp³-hybridized carbons (Fsp3) is 0.625. The second-order valence-electron chi connectivity index (χ2n) is 2.96. The van der Waals surface area contributed by atoms with Crippen LogP contribution in [0.15, 0.2) is 10.7 Å². The highest BCUT2D eigenvalue weighted by atomic mass is 79.9. The lowest BCUT2D eigenvalue weighted by atomic mass is 10.1.